The first-order chi connectivity index (χ1) is 5.29. The van der Waals surface area contributed by atoms with Gasteiger partial charge in [-0.2, -0.15) is 0 Å². The van der Waals surface area contributed by atoms with Gasteiger partial charge in [-0.15, -0.1) is 0 Å². The van der Waals surface area contributed by atoms with Crippen LogP contribution in [-0.4, -0.2) is 14.5 Å². The lowest BCUT2D eigenvalue weighted by Crippen LogP contribution is -1.86. The Morgan fingerprint density at radius 2 is 2.45 bits per heavy atom. The molecule has 1 radical (unpaired) electrons. The summed E-state index contributed by atoms with van der Waals surface area (Å²) in [5.41, 5.74) is 1.47. The normalized spacial score (nSPS) is 10.7. The third kappa shape index (κ3) is 0.886. The van der Waals surface area contributed by atoms with Crippen LogP contribution in [0.5, 0.6) is 0 Å². The summed E-state index contributed by atoms with van der Waals surface area (Å²) in [7, 11) is 1.83. The van der Waals surface area contributed by atoms with Crippen LogP contribution in [0.3, 0.4) is 0 Å². The van der Waals surface area contributed by atoms with E-state index < -0.39 is 0 Å². The molecule has 0 spiro atoms. The van der Waals surface area contributed by atoms with Crippen LogP contribution in [0, 0.1) is 6.33 Å². The van der Waals surface area contributed by atoms with Gasteiger partial charge in [0.1, 0.15) is 5.52 Å². The monoisotopic (exact) mass is 166 g/mol. The zero-order valence-corrected chi connectivity index (χ0v) is 6.63. The molecule has 0 aliphatic rings. The Balaban J connectivity index is 2.94. The van der Waals surface area contributed by atoms with E-state index in [1.165, 1.54) is 0 Å². The Hall–Kier alpha value is -1.09. The molecule has 2 heterocycles. The first-order valence-electron chi connectivity index (χ1n) is 3.13. The zero-order chi connectivity index (χ0) is 7.84. The van der Waals surface area contributed by atoms with Gasteiger partial charge in [-0.1, -0.05) is 11.6 Å². The maximum atomic E-state index is 5.83. The molecular formula is C7H5ClN3. The van der Waals surface area contributed by atoms with Crippen LogP contribution in [0.1, 0.15) is 0 Å². The molecular weight excluding hydrogens is 162 g/mol. The summed E-state index contributed by atoms with van der Waals surface area (Å²) < 4.78 is 1.71. The fourth-order valence-corrected chi connectivity index (χ4v) is 1.12. The summed E-state index contributed by atoms with van der Waals surface area (Å²) in [6.45, 7) is 0. The number of imidazole rings is 1. The van der Waals surface area contributed by atoms with E-state index in [9.17, 15) is 0 Å². The third-order valence-corrected chi connectivity index (χ3v) is 1.79. The highest BCUT2D eigenvalue weighted by molar-refractivity contribution is 6.34. The standard InChI is InChI=1S/C7H5ClN3/c1-11-4-10-6-5(8)2-3-9-7(6)11/h2-3H,1H3. The lowest BCUT2D eigenvalue weighted by atomic mass is 10.4. The Kier molecular flexibility index (Phi) is 1.32. The van der Waals surface area contributed by atoms with Gasteiger partial charge < -0.3 is 4.57 Å². The van der Waals surface area contributed by atoms with Crippen molar-refractivity contribution in [2.45, 2.75) is 0 Å². The van der Waals surface area contributed by atoms with Crippen LogP contribution >= 0.6 is 11.6 Å². The SMILES string of the molecule is Cn1[c]nc2c(Cl)ccnc21. The van der Waals surface area contributed by atoms with E-state index in [-0.39, 0.29) is 0 Å². The van der Waals surface area contributed by atoms with E-state index in [1.807, 2.05) is 7.05 Å². The molecule has 0 unspecified atom stereocenters. The lowest BCUT2D eigenvalue weighted by Gasteiger charge is -1.91. The van der Waals surface area contributed by atoms with E-state index >= 15 is 0 Å². The molecule has 0 aliphatic heterocycles. The number of halogens is 1. The molecule has 2 aromatic rings. The van der Waals surface area contributed by atoms with Crippen LogP contribution in [-0.2, 0) is 7.05 Å². The Bertz CT molecular complexity index is 393. The van der Waals surface area contributed by atoms with E-state index in [0.29, 0.717) is 10.5 Å². The fraction of sp³-hybridized carbons (Fsp3) is 0.143. The van der Waals surface area contributed by atoms with Crippen molar-refractivity contribution < 1.29 is 0 Å². The van der Waals surface area contributed by atoms with Crippen molar-refractivity contribution in [3.05, 3.63) is 23.6 Å². The van der Waals surface area contributed by atoms with Crippen LogP contribution in [0.4, 0.5) is 0 Å². The predicted molar refractivity (Wildman–Crippen MR) is 42.4 cm³/mol. The minimum atomic E-state index is 0.617. The van der Waals surface area contributed by atoms with Gasteiger partial charge in [0, 0.05) is 13.2 Å². The molecule has 0 saturated carbocycles. The zero-order valence-electron chi connectivity index (χ0n) is 5.87. The molecule has 0 saturated heterocycles. The second kappa shape index (κ2) is 2.20. The highest BCUT2D eigenvalue weighted by atomic mass is 35.5. The summed E-state index contributed by atoms with van der Waals surface area (Å²) in [4.78, 5) is 8.05. The Morgan fingerprint density at radius 1 is 1.64 bits per heavy atom. The number of fused-ring (bicyclic) bond motifs is 1. The Morgan fingerprint density at radius 3 is 3.18 bits per heavy atom. The predicted octanol–water partition coefficient (Wildman–Crippen LogP) is 1.42. The molecule has 2 rings (SSSR count). The molecule has 0 N–H and O–H groups in total. The van der Waals surface area contributed by atoms with E-state index in [1.54, 1.807) is 16.8 Å². The summed E-state index contributed by atoms with van der Waals surface area (Å²) in [6, 6.07) is 1.71. The van der Waals surface area contributed by atoms with Crippen LogP contribution in [0.25, 0.3) is 11.2 Å². The van der Waals surface area contributed by atoms with Crippen molar-refractivity contribution in [2.24, 2.45) is 7.05 Å². The second-order valence-corrected chi connectivity index (χ2v) is 2.64. The number of pyridine rings is 1. The molecule has 0 bridgehead atoms. The van der Waals surface area contributed by atoms with Gasteiger partial charge in [0.25, 0.3) is 0 Å². The molecule has 0 aliphatic carbocycles. The average molecular weight is 167 g/mol. The van der Waals surface area contributed by atoms with Crippen molar-refractivity contribution in [3.8, 4) is 0 Å². The topological polar surface area (TPSA) is 30.7 Å². The summed E-state index contributed by atoms with van der Waals surface area (Å²) in [6.07, 6.45) is 4.39. The first-order valence-corrected chi connectivity index (χ1v) is 3.51. The van der Waals surface area contributed by atoms with E-state index in [0.717, 1.165) is 5.65 Å². The van der Waals surface area contributed by atoms with Crippen molar-refractivity contribution in [2.75, 3.05) is 0 Å². The average Bonchev–Trinajstić information content (AvgIpc) is 2.35. The number of nitrogens with zero attached hydrogens (tertiary/aromatic N) is 3. The molecule has 11 heavy (non-hydrogen) atoms. The molecule has 0 atom stereocenters. The molecule has 55 valence electrons. The number of aryl methyl sites for hydroxylation is 1. The van der Waals surface area contributed by atoms with Crippen LogP contribution in [0.15, 0.2) is 12.3 Å². The summed E-state index contributed by atoms with van der Waals surface area (Å²) in [5, 5.41) is 0.617. The number of aromatic nitrogens is 3. The second-order valence-electron chi connectivity index (χ2n) is 2.24. The van der Waals surface area contributed by atoms with E-state index in [4.69, 9.17) is 11.6 Å². The smallest absolute Gasteiger partial charge is 0.178 e. The van der Waals surface area contributed by atoms with Gasteiger partial charge in [-0.05, 0) is 6.07 Å². The van der Waals surface area contributed by atoms with Gasteiger partial charge in [-0.3, -0.25) is 0 Å². The molecule has 0 amide bonds. The number of rotatable bonds is 0. The summed E-state index contributed by atoms with van der Waals surface area (Å²) >= 11 is 5.83. The number of hydrogen-bond donors (Lipinski definition) is 0. The van der Waals surface area contributed by atoms with Crippen molar-refractivity contribution >= 4 is 22.8 Å². The van der Waals surface area contributed by atoms with Crippen molar-refractivity contribution in [1.29, 1.82) is 0 Å². The van der Waals surface area contributed by atoms with Gasteiger partial charge in [0.15, 0.2) is 12.0 Å². The molecule has 3 nitrogen and oxygen atoms in total. The number of hydrogen-bond acceptors (Lipinski definition) is 2. The van der Waals surface area contributed by atoms with Crippen LogP contribution < -0.4 is 0 Å². The maximum Gasteiger partial charge on any atom is 0.178 e. The Labute approximate surface area is 68.6 Å². The quantitative estimate of drug-likeness (QED) is 0.593. The molecule has 0 aromatic carbocycles. The highest BCUT2D eigenvalue weighted by Crippen LogP contribution is 2.17. The minimum Gasteiger partial charge on any atom is -0.309 e. The maximum absolute atomic E-state index is 5.83. The molecule has 4 heteroatoms. The molecule has 2 aromatic heterocycles. The van der Waals surface area contributed by atoms with E-state index in [2.05, 4.69) is 16.3 Å². The summed E-state index contributed by atoms with van der Waals surface area (Å²) in [5.74, 6) is 0. The van der Waals surface area contributed by atoms with Gasteiger partial charge in [0.05, 0.1) is 5.02 Å². The van der Waals surface area contributed by atoms with Crippen LogP contribution in [0.2, 0.25) is 5.02 Å². The van der Waals surface area contributed by atoms with Crippen molar-refractivity contribution in [3.63, 3.8) is 0 Å². The highest BCUT2D eigenvalue weighted by Gasteiger charge is 2.03. The minimum absolute atomic E-state index is 0.617. The largest absolute Gasteiger partial charge is 0.309 e. The lowest BCUT2D eigenvalue weighted by molar-refractivity contribution is 0.920. The van der Waals surface area contributed by atoms with Gasteiger partial charge in [0.2, 0.25) is 0 Å². The molecule has 0 fully saturated rings. The third-order valence-electron chi connectivity index (χ3n) is 1.49. The van der Waals surface area contributed by atoms with Gasteiger partial charge >= 0.3 is 0 Å². The van der Waals surface area contributed by atoms with Crippen molar-refractivity contribution in [1.82, 2.24) is 14.5 Å². The first kappa shape index (κ1) is 6.61. The fourth-order valence-electron chi connectivity index (χ4n) is 0.941. The van der Waals surface area contributed by atoms with Gasteiger partial charge in [-0.25, -0.2) is 9.97 Å².